The van der Waals surface area contributed by atoms with E-state index < -0.39 is 11.9 Å². The lowest BCUT2D eigenvalue weighted by Gasteiger charge is -2.10. The summed E-state index contributed by atoms with van der Waals surface area (Å²) in [7, 11) is 0. The van der Waals surface area contributed by atoms with Crippen molar-refractivity contribution in [3.05, 3.63) is 58.3 Å². The third-order valence-corrected chi connectivity index (χ3v) is 3.73. The van der Waals surface area contributed by atoms with Crippen molar-refractivity contribution in [1.29, 1.82) is 0 Å². The summed E-state index contributed by atoms with van der Waals surface area (Å²) < 4.78 is 0. The first-order valence-corrected chi connectivity index (χ1v) is 7.02. The second kappa shape index (κ2) is 5.34. The maximum atomic E-state index is 12.4. The van der Waals surface area contributed by atoms with Crippen molar-refractivity contribution in [3.63, 3.8) is 0 Å². The van der Waals surface area contributed by atoms with Crippen molar-refractivity contribution < 1.29 is 14.7 Å². The predicted molar refractivity (Wildman–Crippen MR) is 81.3 cm³/mol. The van der Waals surface area contributed by atoms with E-state index in [1.807, 2.05) is 23.6 Å². The Morgan fingerprint density at radius 2 is 1.95 bits per heavy atom. The normalized spacial score (nSPS) is 16.4. The van der Waals surface area contributed by atoms with Crippen molar-refractivity contribution in [2.45, 2.75) is 0 Å². The summed E-state index contributed by atoms with van der Waals surface area (Å²) in [5.74, 6) is -1.66. The Kier molecular flexibility index (Phi) is 3.37. The molecule has 1 amide bonds. The van der Waals surface area contributed by atoms with E-state index in [4.69, 9.17) is 0 Å². The molecular formula is C15H10N2O3S. The van der Waals surface area contributed by atoms with Crippen LogP contribution in [0.15, 0.2) is 58.5 Å². The lowest BCUT2D eigenvalue weighted by atomic mass is 10.1. The van der Waals surface area contributed by atoms with Crippen molar-refractivity contribution in [1.82, 2.24) is 0 Å². The molecule has 21 heavy (non-hydrogen) atoms. The van der Waals surface area contributed by atoms with Crippen LogP contribution in [0.25, 0.3) is 6.08 Å². The van der Waals surface area contributed by atoms with Gasteiger partial charge in [0.2, 0.25) is 0 Å². The van der Waals surface area contributed by atoms with Gasteiger partial charge in [-0.2, -0.15) is 10.1 Å². The Balaban J connectivity index is 2.05. The van der Waals surface area contributed by atoms with Crippen molar-refractivity contribution in [2.24, 2.45) is 5.10 Å². The minimum absolute atomic E-state index is 0.0915. The molecule has 0 bridgehead atoms. The SMILES string of the molecule is O=C(O)C1=NN(c2ccccc2)C(=O)/C1=C\c1cccs1. The third-order valence-electron chi connectivity index (χ3n) is 2.91. The Bertz CT molecular complexity index is 748. The lowest BCUT2D eigenvalue weighted by Crippen LogP contribution is -2.22. The van der Waals surface area contributed by atoms with E-state index in [9.17, 15) is 14.7 Å². The topological polar surface area (TPSA) is 70.0 Å². The summed E-state index contributed by atoms with van der Waals surface area (Å²) >= 11 is 1.43. The number of hydrazone groups is 1. The molecular weight excluding hydrogens is 288 g/mol. The Morgan fingerprint density at radius 3 is 2.57 bits per heavy atom. The first-order chi connectivity index (χ1) is 10.2. The second-order valence-electron chi connectivity index (χ2n) is 4.28. The Morgan fingerprint density at radius 1 is 1.19 bits per heavy atom. The zero-order valence-corrected chi connectivity index (χ0v) is 11.6. The fourth-order valence-electron chi connectivity index (χ4n) is 1.96. The van der Waals surface area contributed by atoms with E-state index in [1.165, 1.54) is 11.3 Å². The van der Waals surface area contributed by atoms with Gasteiger partial charge in [-0.05, 0) is 29.7 Å². The van der Waals surface area contributed by atoms with Crippen molar-refractivity contribution in [3.8, 4) is 0 Å². The average Bonchev–Trinajstić information content (AvgIpc) is 3.10. The number of hydrogen-bond donors (Lipinski definition) is 1. The molecule has 5 nitrogen and oxygen atoms in total. The molecule has 0 fully saturated rings. The number of carbonyl (C=O) groups is 2. The quantitative estimate of drug-likeness (QED) is 0.885. The smallest absolute Gasteiger partial charge is 0.357 e. The number of hydrogen-bond acceptors (Lipinski definition) is 4. The van der Waals surface area contributed by atoms with Gasteiger partial charge in [0.15, 0.2) is 5.71 Å². The highest BCUT2D eigenvalue weighted by atomic mass is 32.1. The highest BCUT2D eigenvalue weighted by Crippen LogP contribution is 2.25. The van der Waals surface area contributed by atoms with Crippen LogP contribution in [0.3, 0.4) is 0 Å². The minimum Gasteiger partial charge on any atom is -0.476 e. The number of aliphatic carboxylic acids is 1. The van der Waals surface area contributed by atoms with Gasteiger partial charge in [0, 0.05) is 4.88 Å². The largest absolute Gasteiger partial charge is 0.476 e. The molecule has 6 heteroatoms. The van der Waals surface area contributed by atoms with Crippen LogP contribution < -0.4 is 5.01 Å². The number of para-hydroxylation sites is 1. The van der Waals surface area contributed by atoms with Gasteiger partial charge in [-0.25, -0.2) is 4.79 Å². The lowest BCUT2D eigenvalue weighted by molar-refractivity contribution is -0.129. The van der Waals surface area contributed by atoms with Gasteiger partial charge in [0.25, 0.3) is 5.91 Å². The van der Waals surface area contributed by atoms with Gasteiger partial charge in [0.05, 0.1) is 11.3 Å². The molecule has 104 valence electrons. The molecule has 1 aromatic carbocycles. The Labute approximate surface area is 124 Å². The van der Waals surface area contributed by atoms with E-state index in [2.05, 4.69) is 5.10 Å². The molecule has 0 unspecified atom stereocenters. The maximum Gasteiger partial charge on any atom is 0.357 e. The first-order valence-electron chi connectivity index (χ1n) is 6.14. The van der Waals surface area contributed by atoms with E-state index in [-0.39, 0.29) is 11.3 Å². The Hall–Kier alpha value is -2.73. The number of amides is 1. The molecule has 1 aliphatic rings. The number of rotatable bonds is 3. The number of carbonyl (C=O) groups excluding carboxylic acids is 1. The number of carboxylic acids is 1. The summed E-state index contributed by atoms with van der Waals surface area (Å²) in [5, 5.41) is 16.2. The molecule has 1 aliphatic heterocycles. The predicted octanol–water partition coefficient (Wildman–Crippen LogP) is 2.62. The standard InChI is InChI=1S/C15H10N2O3S/c18-14-12(9-11-7-4-8-21-11)13(15(19)20)16-17(14)10-5-2-1-3-6-10/h1-9H,(H,19,20)/b12-9-. The maximum absolute atomic E-state index is 12.4. The molecule has 0 saturated carbocycles. The van der Waals surface area contributed by atoms with Gasteiger partial charge >= 0.3 is 5.97 Å². The molecule has 1 N–H and O–H groups in total. The second-order valence-corrected chi connectivity index (χ2v) is 5.26. The molecule has 2 heterocycles. The van der Waals surface area contributed by atoms with Crippen LogP contribution >= 0.6 is 11.3 Å². The van der Waals surface area contributed by atoms with E-state index in [1.54, 1.807) is 30.3 Å². The minimum atomic E-state index is -1.22. The summed E-state index contributed by atoms with van der Waals surface area (Å²) in [6.07, 6.45) is 1.56. The van der Waals surface area contributed by atoms with Gasteiger partial charge in [-0.1, -0.05) is 24.3 Å². The van der Waals surface area contributed by atoms with E-state index in [0.717, 1.165) is 9.89 Å². The number of anilines is 1. The van der Waals surface area contributed by atoms with Gasteiger partial charge in [-0.3, -0.25) is 4.79 Å². The van der Waals surface area contributed by atoms with Crippen LogP contribution in [0.4, 0.5) is 5.69 Å². The van der Waals surface area contributed by atoms with Crippen LogP contribution in [0, 0.1) is 0 Å². The molecule has 0 aliphatic carbocycles. The molecule has 0 spiro atoms. The first kappa shape index (κ1) is 13.3. The van der Waals surface area contributed by atoms with Crippen LogP contribution in [0.1, 0.15) is 4.88 Å². The monoisotopic (exact) mass is 298 g/mol. The summed E-state index contributed by atoms with van der Waals surface area (Å²) in [6.45, 7) is 0. The van der Waals surface area contributed by atoms with E-state index >= 15 is 0 Å². The van der Waals surface area contributed by atoms with Crippen LogP contribution in [-0.4, -0.2) is 22.7 Å². The van der Waals surface area contributed by atoms with Crippen LogP contribution in [0.5, 0.6) is 0 Å². The zero-order valence-electron chi connectivity index (χ0n) is 10.8. The number of benzene rings is 1. The van der Waals surface area contributed by atoms with Crippen LogP contribution in [-0.2, 0) is 9.59 Å². The number of nitrogens with zero attached hydrogens (tertiary/aromatic N) is 2. The summed E-state index contributed by atoms with van der Waals surface area (Å²) in [5.41, 5.74) is 0.391. The fraction of sp³-hybridized carbons (Fsp3) is 0. The molecule has 0 radical (unpaired) electrons. The van der Waals surface area contributed by atoms with Gasteiger partial charge in [0.1, 0.15) is 0 Å². The molecule has 1 aromatic heterocycles. The van der Waals surface area contributed by atoms with Gasteiger partial charge in [-0.15, -0.1) is 11.3 Å². The van der Waals surface area contributed by atoms with Crippen molar-refractivity contribution in [2.75, 3.05) is 5.01 Å². The fourth-order valence-corrected chi connectivity index (χ4v) is 2.62. The molecule has 0 saturated heterocycles. The van der Waals surface area contributed by atoms with E-state index in [0.29, 0.717) is 5.69 Å². The van der Waals surface area contributed by atoms with Gasteiger partial charge < -0.3 is 5.11 Å². The molecule has 2 aromatic rings. The average molecular weight is 298 g/mol. The number of thiophene rings is 1. The highest BCUT2D eigenvalue weighted by molar-refractivity contribution is 7.10. The van der Waals surface area contributed by atoms with Crippen LogP contribution in [0.2, 0.25) is 0 Å². The summed E-state index contributed by atoms with van der Waals surface area (Å²) in [6, 6.07) is 12.4. The molecule has 0 atom stereocenters. The van der Waals surface area contributed by atoms with Crippen molar-refractivity contribution >= 4 is 40.7 Å². The third kappa shape index (κ3) is 2.48. The molecule has 3 rings (SSSR count). The summed E-state index contributed by atoms with van der Waals surface area (Å²) in [4.78, 5) is 24.6. The highest BCUT2D eigenvalue weighted by Gasteiger charge is 2.35. The zero-order chi connectivity index (χ0) is 14.8. The number of carboxylic acid groups (broad SMARTS) is 1.